The van der Waals surface area contributed by atoms with Crippen LogP contribution in [0.3, 0.4) is 0 Å². The Morgan fingerprint density at radius 3 is 1.33 bits per heavy atom. The first kappa shape index (κ1) is 34.8. The minimum Gasteiger partial charge on any atom is -0.492 e. The highest BCUT2D eigenvalue weighted by molar-refractivity contribution is 6.33. The van der Waals surface area contributed by atoms with E-state index >= 15 is 0 Å². The summed E-state index contributed by atoms with van der Waals surface area (Å²) in [4.78, 5) is 35.1. The number of aryl methyl sites for hydroxylation is 2. The Labute approximate surface area is 295 Å². The van der Waals surface area contributed by atoms with E-state index < -0.39 is 0 Å². The molecule has 0 saturated carbocycles. The number of aromatic nitrogens is 4. The lowest BCUT2D eigenvalue weighted by Gasteiger charge is -2.36. The summed E-state index contributed by atoms with van der Waals surface area (Å²) in [6.07, 6.45) is 3.77. The van der Waals surface area contributed by atoms with Gasteiger partial charge in [0, 0.05) is 78.5 Å². The van der Waals surface area contributed by atoms with E-state index in [0.29, 0.717) is 31.0 Å². The van der Waals surface area contributed by atoms with Crippen molar-refractivity contribution in [1.82, 2.24) is 29.4 Å². The van der Waals surface area contributed by atoms with E-state index in [-0.39, 0.29) is 34.3 Å². The molecule has 0 atom stereocenters. The van der Waals surface area contributed by atoms with E-state index in [9.17, 15) is 9.59 Å². The number of nitrogens with zero attached hydrogens (tertiary/aromatic N) is 8. The zero-order valence-corrected chi connectivity index (χ0v) is 29.0. The van der Waals surface area contributed by atoms with Crippen LogP contribution in [0.15, 0.2) is 82.6 Å². The molecule has 2 fully saturated rings. The first-order valence-corrected chi connectivity index (χ1v) is 17.5. The maximum absolute atomic E-state index is 13.1. The van der Waals surface area contributed by atoms with Crippen molar-refractivity contribution in [3.63, 3.8) is 0 Å². The molecule has 2 aliphatic heterocycles. The Morgan fingerprint density at radius 1 is 0.551 bits per heavy atom. The lowest BCUT2D eigenvalue weighted by atomic mass is 10.2. The standard InChI is InChI=1S/C35H42Cl2N8O4/c36-32-30(42-18-14-40(15-19-42)22-24-48-28-8-3-1-4-9-28)26-38-44(34(32)46)12-7-13-45-35(47)33(37)31(27-39-45)43-20-16-41(17-21-43)23-25-49-29-10-5-2-6-11-29/h1-6,8-11,26-27H,7,12-25H2. The second-order valence-corrected chi connectivity index (χ2v) is 12.8. The van der Waals surface area contributed by atoms with Gasteiger partial charge in [0.15, 0.2) is 0 Å². The summed E-state index contributed by atoms with van der Waals surface area (Å²) in [6, 6.07) is 19.6. The number of hydrogen-bond donors (Lipinski definition) is 0. The molecule has 2 aliphatic rings. The summed E-state index contributed by atoms with van der Waals surface area (Å²) in [5.74, 6) is 1.74. The summed E-state index contributed by atoms with van der Waals surface area (Å²) in [7, 11) is 0. The van der Waals surface area contributed by atoms with Crippen LogP contribution in [-0.2, 0) is 13.1 Å². The first-order valence-electron chi connectivity index (χ1n) is 16.8. The molecule has 6 rings (SSSR count). The molecule has 2 aromatic carbocycles. The fourth-order valence-electron chi connectivity index (χ4n) is 6.09. The van der Waals surface area contributed by atoms with Crippen molar-refractivity contribution in [2.75, 3.05) is 88.5 Å². The maximum atomic E-state index is 13.1. The smallest absolute Gasteiger partial charge is 0.287 e. The monoisotopic (exact) mass is 708 g/mol. The van der Waals surface area contributed by atoms with Gasteiger partial charge in [0.25, 0.3) is 11.1 Å². The van der Waals surface area contributed by atoms with Crippen molar-refractivity contribution >= 4 is 34.6 Å². The molecule has 0 radical (unpaired) electrons. The van der Waals surface area contributed by atoms with Crippen molar-refractivity contribution in [1.29, 1.82) is 0 Å². The third kappa shape index (κ3) is 9.13. The number of hydrogen-bond acceptors (Lipinski definition) is 10. The predicted octanol–water partition coefficient (Wildman–Crippen LogP) is 3.60. The lowest BCUT2D eigenvalue weighted by Crippen LogP contribution is -2.48. The number of anilines is 2. The van der Waals surface area contributed by atoms with Gasteiger partial charge in [0.05, 0.1) is 23.8 Å². The molecule has 14 heteroatoms. The molecule has 0 spiro atoms. The van der Waals surface area contributed by atoms with Crippen LogP contribution < -0.4 is 30.4 Å². The fraction of sp³-hybridized carbons (Fsp3) is 0.429. The molecule has 2 aromatic heterocycles. The van der Waals surface area contributed by atoms with Crippen molar-refractivity contribution in [3.05, 3.63) is 104 Å². The second kappa shape index (κ2) is 17.0. The molecule has 0 bridgehead atoms. The minimum absolute atomic E-state index is 0.155. The van der Waals surface area contributed by atoms with Gasteiger partial charge in [-0.1, -0.05) is 59.6 Å². The summed E-state index contributed by atoms with van der Waals surface area (Å²) in [6.45, 7) is 9.75. The van der Waals surface area contributed by atoms with Gasteiger partial charge in [-0.15, -0.1) is 0 Å². The largest absolute Gasteiger partial charge is 0.492 e. The molecular formula is C35H42Cl2N8O4. The average molecular weight is 710 g/mol. The third-order valence-electron chi connectivity index (χ3n) is 8.94. The van der Waals surface area contributed by atoms with Gasteiger partial charge in [-0.2, -0.15) is 10.2 Å². The number of para-hydroxylation sites is 2. The van der Waals surface area contributed by atoms with Crippen molar-refractivity contribution in [3.8, 4) is 11.5 Å². The van der Waals surface area contributed by atoms with Crippen molar-refractivity contribution < 1.29 is 9.47 Å². The van der Waals surface area contributed by atoms with Crippen LogP contribution in [0, 0.1) is 0 Å². The molecule has 49 heavy (non-hydrogen) atoms. The SMILES string of the molecule is O=c1c(Cl)c(N2CCN(CCOc3ccccc3)CC2)cnn1CCCn1ncc(N2CCN(CCOc3ccccc3)CC2)c(Cl)c1=O. The predicted molar refractivity (Wildman–Crippen MR) is 193 cm³/mol. The third-order valence-corrected chi connectivity index (χ3v) is 9.65. The second-order valence-electron chi connectivity index (χ2n) is 12.1. The molecule has 0 N–H and O–H groups in total. The van der Waals surface area contributed by atoms with Crippen LogP contribution >= 0.6 is 23.2 Å². The van der Waals surface area contributed by atoms with E-state index in [4.69, 9.17) is 32.7 Å². The van der Waals surface area contributed by atoms with Crippen LogP contribution in [0.1, 0.15) is 6.42 Å². The Kier molecular flexibility index (Phi) is 12.1. The Hall–Kier alpha value is -4.10. The van der Waals surface area contributed by atoms with E-state index in [1.54, 1.807) is 12.4 Å². The number of benzene rings is 2. The van der Waals surface area contributed by atoms with E-state index in [1.165, 1.54) is 9.36 Å². The Balaban J connectivity index is 0.943. The number of ether oxygens (including phenoxy) is 2. The van der Waals surface area contributed by atoms with Gasteiger partial charge in [-0.25, -0.2) is 9.36 Å². The summed E-state index contributed by atoms with van der Waals surface area (Å²) in [5.41, 5.74) is 0.587. The molecule has 0 aliphatic carbocycles. The number of rotatable bonds is 14. The molecule has 12 nitrogen and oxygen atoms in total. The fourth-order valence-corrected chi connectivity index (χ4v) is 6.62. The van der Waals surface area contributed by atoms with Gasteiger partial charge < -0.3 is 19.3 Å². The topological polar surface area (TPSA) is 101 Å². The van der Waals surface area contributed by atoms with Gasteiger partial charge in [-0.05, 0) is 30.7 Å². The van der Waals surface area contributed by atoms with Crippen LogP contribution in [-0.4, -0.2) is 108 Å². The van der Waals surface area contributed by atoms with Gasteiger partial charge >= 0.3 is 0 Å². The quantitative estimate of drug-likeness (QED) is 0.193. The summed E-state index contributed by atoms with van der Waals surface area (Å²) in [5, 5.41) is 9.10. The Bertz CT molecular complexity index is 1630. The van der Waals surface area contributed by atoms with Gasteiger partial charge in [-0.3, -0.25) is 19.4 Å². The zero-order chi connectivity index (χ0) is 34.0. The molecule has 260 valence electrons. The van der Waals surface area contributed by atoms with Gasteiger partial charge in [0.2, 0.25) is 0 Å². The van der Waals surface area contributed by atoms with Crippen LogP contribution in [0.5, 0.6) is 11.5 Å². The highest BCUT2D eigenvalue weighted by Crippen LogP contribution is 2.24. The van der Waals surface area contributed by atoms with E-state index in [0.717, 1.165) is 76.9 Å². The van der Waals surface area contributed by atoms with Crippen LogP contribution in [0.2, 0.25) is 10.0 Å². The van der Waals surface area contributed by atoms with Crippen LogP contribution in [0.4, 0.5) is 11.4 Å². The Morgan fingerprint density at radius 2 is 0.939 bits per heavy atom. The van der Waals surface area contributed by atoms with E-state index in [1.807, 2.05) is 60.7 Å². The van der Waals surface area contributed by atoms with Crippen molar-refractivity contribution in [2.45, 2.75) is 19.5 Å². The van der Waals surface area contributed by atoms with Crippen molar-refractivity contribution in [2.24, 2.45) is 0 Å². The normalized spacial score (nSPS) is 15.8. The molecule has 4 aromatic rings. The van der Waals surface area contributed by atoms with Gasteiger partial charge in [0.1, 0.15) is 34.8 Å². The number of halogens is 2. The molecule has 0 amide bonds. The highest BCUT2D eigenvalue weighted by Gasteiger charge is 2.23. The first-order chi connectivity index (χ1) is 24.0. The zero-order valence-electron chi connectivity index (χ0n) is 27.5. The summed E-state index contributed by atoms with van der Waals surface area (Å²) >= 11 is 13.1. The minimum atomic E-state index is -0.350. The molecular weight excluding hydrogens is 667 g/mol. The highest BCUT2D eigenvalue weighted by atomic mass is 35.5. The molecule has 4 heterocycles. The van der Waals surface area contributed by atoms with Crippen LogP contribution in [0.25, 0.3) is 0 Å². The summed E-state index contributed by atoms with van der Waals surface area (Å²) < 4.78 is 14.3. The van der Waals surface area contributed by atoms with E-state index in [2.05, 4.69) is 29.8 Å². The molecule has 2 saturated heterocycles. The maximum Gasteiger partial charge on any atom is 0.287 e. The lowest BCUT2D eigenvalue weighted by molar-refractivity contribution is 0.200. The number of piperazine rings is 2. The molecule has 0 unspecified atom stereocenters. The average Bonchev–Trinajstić information content (AvgIpc) is 3.14.